The van der Waals surface area contributed by atoms with E-state index in [0.29, 0.717) is 16.8 Å². The van der Waals surface area contributed by atoms with Gasteiger partial charge in [-0.15, -0.1) is 5.10 Å². The average Bonchev–Trinajstić information content (AvgIpc) is 3.36. The fourth-order valence-electron chi connectivity index (χ4n) is 2.76. The molecule has 142 valence electrons. The third kappa shape index (κ3) is 3.31. The third-order valence-corrected chi connectivity index (χ3v) is 4.58. The van der Waals surface area contributed by atoms with Gasteiger partial charge in [-0.25, -0.2) is 19.4 Å². The predicted molar refractivity (Wildman–Crippen MR) is 106 cm³/mol. The number of benzene rings is 1. The Balaban J connectivity index is 1.81. The van der Waals surface area contributed by atoms with Crippen LogP contribution in [0.1, 0.15) is 17.3 Å². The van der Waals surface area contributed by atoms with Crippen molar-refractivity contribution in [2.75, 3.05) is 18.2 Å². The SMILES string of the molecule is CCOC(=O)c1cnc(SC)nc1Nc1nn(-c2ccoc2)c2ccccc12. The van der Waals surface area contributed by atoms with Gasteiger partial charge in [0.2, 0.25) is 0 Å². The van der Waals surface area contributed by atoms with E-state index in [0.717, 1.165) is 16.6 Å². The number of furan rings is 1. The second-order valence-electron chi connectivity index (χ2n) is 5.72. The van der Waals surface area contributed by atoms with Crippen LogP contribution in [0.4, 0.5) is 11.6 Å². The van der Waals surface area contributed by atoms with Gasteiger partial charge in [-0.2, -0.15) is 0 Å². The van der Waals surface area contributed by atoms with E-state index < -0.39 is 5.97 Å². The van der Waals surface area contributed by atoms with Crippen LogP contribution in [0.3, 0.4) is 0 Å². The zero-order valence-corrected chi connectivity index (χ0v) is 16.1. The first-order valence-electron chi connectivity index (χ1n) is 8.56. The van der Waals surface area contributed by atoms with E-state index in [2.05, 4.69) is 20.4 Å². The summed E-state index contributed by atoms with van der Waals surface area (Å²) in [4.78, 5) is 20.9. The molecule has 0 aliphatic rings. The molecule has 0 atom stereocenters. The van der Waals surface area contributed by atoms with Gasteiger partial charge < -0.3 is 14.5 Å². The number of carbonyl (C=O) groups is 1. The van der Waals surface area contributed by atoms with E-state index in [1.165, 1.54) is 18.0 Å². The maximum atomic E-state index is 12.3. The fourth-order valence-corrected chi connectivity index (χ4v) is 3.10. The third-order valence-electron chi connectivity index (χ3n) is 4.02. The van der Waals surface area contributed by atoms with E-state index in [9.17, 15) is 4.79 Å². The fraction of sp³-hybridized carbons (Fsp3) is 0.158. The maximum Gasteiger partial charge on any atom is 0.343 e. The molecule has 0 fully saturated rings. The summed E-state index contributed by atoms with van der Waals surface area (Å²) in [5.41, 5.74) is 1.94. The number of esters is 1. The molecule has 0 saturated heterocycles. The Labute approximate surface area is 164 Å². The Kier molecular flexibility index (Phi) is 4.98. The Morgan fingerprint density at radius 2 is 2.14 bits per heavy atom. The molecular weight excluding hydrogens is 378 g/mol. The molecule has 0 spiro atoms. The molecule has 9 heteroatoms. The molecule has 0 bridgehead atoms. The van der Waals surface area contributed by atoms with E-state index in [4.69, 9.17) is 9.15 Å². The minimum Gasteiger partial charge on any atom is -0.470 e. The summed E-state index contributed by atoms with van der Waals surface area (Å²) in [7, 11) is 0. The molecule has 0 radical (unpaired) electrons. The summed E-state index contributed by atoms with van der Waals surface area (Å²) in [6.07, 6.45) is 6.54. The minimum absolute atomic E-state index is 0.251. The molecule has 3 aromatic heterocycles. The number of para-hydroxylation sites is 1. The lowest BCUT2D eigenvalue weighted by Gasteiger charge is -2.09. The van der Waals surface area contributed by atoms with Crippen LogP contribution in [-0.2, 0) is 4.74 Å². The first-order chi connectivity index (χ1) is 13.7. The average molecular weight is 395 g/mol. The lowest BCUT2D eigenvalue weighted by Crippen LogP contribution is -2.11. The Bertz CT molecular complexity index is 1120. The van der Waals surface area contributed by atoms with Crippen LogP contribution >= 0.6 is 11.8 Å². The van der Waals surface area contributed by atoms with Crippen molar-refractivity contribution in [1.29, 1.82) is 0 Å². The highest BCUT2D eigenvalue weighted by Crippen LogP contribution is 2.29. The van der Waals surface area contributed by atoms with Crippen molar-refractivity contribution >= 4 is 40.3 Å². The van der Waals surface area contributed by atoms with Crippen LogP contribution in [0, 0.1) is 0 Å². The van der Waals surface area contributed by atoms with Gasteiger partial charge in [0.1, 0.15) is 17.5 Å². The summed E-state index contributed by atoms with van der Waals surface area (Å²) >= 11 is 1.38. The number of aromatic nitrogens is 4. The second-order valence-corrected chi connectivity index (χ2v) is 6.50. The second kappa shape index (κ2) is 7.73. The topological polar surface area (TPSA) is 95.1 Å². The number of anilines is 2. The van der Waals surface area contributed by atoms with Crippen molar-refractivity contribution in [3.8, 4) is 5.69 Å². The molecule has 1 aromatic carbocycles. The van der Waals surface area contributed by atoms with Gasteiger partial charge in [-0.1, -0.05) is 23.9 Å². The summed E-state index contributed by atoms with van der Waals surface area (Å²) in [5.74, 6) is 0.421. The van der Waals surface area contributed by atoms with Gasteiger partial charge in [0.05, 0.1) is 18.4 Å². The van der Waals surface area contributed by atoms with Crippen LogP contribution in [-0.4, -0.2) is 38.6 Å². The molecule has 0 amide bonds. The molecule has 0 unspecified atom stereocenters. The van der Waals surface area contributed by atoms with Gasteiger partial charge in [0, 0.05) is 17.6 Å². The number of hydrogen-bond acceptors (Lipinski definition) is 8. The van der Waals surface area contributed by atoms with Gasteiger partial charge in [-0.05, 0) is 25.3 Å². The van der Waals surface area contributed by atoms with Crippen molar-refractivity contribution in [2.24, 2.45) is 0 Å². The number of thioether (sulfide) groups is 1. The highest BCUT2D eigenvalue weighted by Gasteiger charge is 2.19. The van der Waals surface area contributed by atoms with Crippen LogP contribution in [0.15, 0.2) is 58.6 Å². The quantitative estimate of drug-likeness (QED) is 0.297. The Morgan fingerprint density at radius 3 is 2.89 bits per heavy atom. The minimum atomic E-state index is -0.490. The molecule has 3 heterocycles. The summed E-state index contributed by atoms with van der Waals surface area (Å²) < 4.78 is 12.1. The van der Waals surface area contributed by atoms with E-state index >= 15 is 0 Å². The lowest BCUT2D eigenvalue weighted by molar-refractivity contribution is 0.0526. The molecule has 8 nitrogen and oxygen atoms in total. The van der Waals surface area contributed by atoms with Crippen molar-refractivity contribution in [1.82, 2.24) is 19.7 Å². The Morgan fingerprint density at radius 1 is 1.29 bits per heavy atom. The molecule has 0 aliphatic carbocycles. The van der Waals surface area contributed by atoms with Crippen molar-refractivity contribution in [3.63, 3.8) is 0 Å². The monoisotopic (exact) mass is 395 g/mol. The molecule has 0 saturated carbocycles. The summed E-state index contributed by atoms with van der Waals surface area (Å²) in [6.45, 7) is 2.02. The van der Waals surface area contributed by atoms with Crippen molar-refractivity contribution in [3.05, 3.63) is 54.6 Å². The summed E-state index contributed by atoms with van der Waals surface area (Å²) in [6, 6.07) is 9.59. The van der Waals surface area contributed by atoms with Crippen LogP contribution in [0.25, 0.3) is 16.6 Å². The standard InChI is InChI=1S/C19H17N5O3S/c1-3-27-18(25)14-10-20-19(28-2)22-16(14)21-17-13-6-4-5-7-15(13)24(23-17)12-8-9-26-11-12/h4-11H,3H2,1-2H3,(H,20,21,22,23). The number of ether oxygens (including phenoxy) is 1. The van der Waals surface area contributed by atoms with Gasteiger partial charge in [0.15, 0.2) is 16.8 Å². The zero-order chi connectivity index (χ0) is 19.5. The molecular formula is C19H17N5O3S. The van der Waals surface area contributed by atoms with E-state index in [1.54, 1.807) is 24.1 Å². The predicted octanol–water partition coefficient (Wildman–Crippen LogP) is 4.05. The normalized spacial score (nSPS) is 10.9. The van der Waals surface area contributed by atoms with Gasteiger partial charge in [0.25, 0.3) is 0 Å². The molecule has 28 heavy (non-hydrogen) atoms. The maximum absolute atomic E-state index is 12.3. The summed E-state index contributed by atoms with van der Waals surface area (Å²) in [5, 5.41) is 9.25. The van der Waals surface area contributed by atoms with Crippen molar-refractivity contribution in [2.45, 2.75) is 12.1 Å². The first kappa shape index (κ1) is 18.1. The van der Waals surface area contributed by atoms with Gasteiger partial charge in [-0.3, -0.25) is 0 Å². The largest absolute Gasteiger partial charge is 0.470 e. The lowest BCUT2D eigenvalue weighted by atomic mass is 10.2. The van der Waals surface area contributed by atoms with Crippen molar-refractivity contribution < 1.29 is 13.9 Å². The first-order valence-corrected chi connectivity index (χ1v) is 9.79. The smallest absolute Gasteiger partial charge is 0.343 e. The van der Waals surface area contributed by atoms with Gasteiger partial charge >= 0.3 is 5.97 Å². The molecule has 0 aliphatic heterocycles. The number of nitrogens with zero attached hydrogens (tertiary/aromatic N) is 4. The molecule has 4 rings (SSSR count). The zero-order valence-electron chi connectivity index (χ0n) is 15.2. The van der Waals surface area contributed by atoms with Crippen LogP contribution in [0.5, 0.6) is 0 Å². The molecule has 1 N–H and O–H groups in total. The van der Waals surface area contributed by atoms with Crippen LogP contribution < -0.4 is 5.32 Å². The van der Waals surface area contributed by atoms with E-state index in [1.807, 2.05) is 36.6 Å². The number of rotatable bonds is 6. The number of carbonyl (C=O) groups excluding carboxylic acids is 1. The number of fused-ring (bicyclic) bond motifs is 1. The highest BCUT2D eigenvalue weighted by atomic mass is 32.2. The van der Waals surface area contributed by atoms with E-state index in [-0.39, 0.29) is 12.2 Å². The highest BCUT2D eigenvalue weighted by molar-refractivity contribution is 7.98. The van der Waals surface area contributed by atoms with Crippen LogP contribution in [0.2, 0.25) is 0 Å². The Hall–Kier alpha value is -3.33. The number of nitrogens with one attached hydrogen (secondary N) is 1. The number of hydrogen-bond donors (Lipinski definition) is 1. The molecule has 4 aromatic rings.